The Morgan fingerprint density at radius 3 is 2.85 bits per heavy atom. The number of fused-ring (bicyclic) bond motifs is 1. The zero-order chi connectivity index (χ0) is 22.3. The van der Waals surface area contributed by atoms with Crippen LogP contribution in [0.2, 0.25) is 0 Å². The van der Waals surface area contributed by atoms with Gasteiger partial charge in [-0.05, 0) is 32.4 Å². The smallest absolute Gasteiger partial charge is 0.191 e. The number of morpholine rings is 1. The van der Waals surface area contributed by atoms with Gasteiger partial charge in [-0.2, -0.15) is 5.10 Å². The van der Waals surface area contributed by atoms with Gasteiger partial charge in [-0.15, -0.1) is 24.0 Å². The van der Waals surface area contributed by atoms with Crippen LogP contribution >= 0.6 is 24.0 Å². The summed E-state index contributed by atoms with van der Waals surface area (Å²) in [5.41, 5.74) is 0. The summed E-state index contributed by atoms with van der Waals surface area (Å²) in [5.74, 6) is 4.47. The number of hydrogen-bond donors (Lipinski definition) is 2. The van der Waals surface area contributed by atoms with Crippen LogP contribution in [0.15, 0.2) is 21.5 Å². The Kier molecular flexibility index (Phi) is 9.95. The van der Waals surface area contributed by atoms with Crippen LogP contribution < -0.4 is 10.6 Å². The van der Waals surface area contributed by atoms with E-state index in [2.05, 4.69) is 38.6 Å². The second-order valence-electron chi connectivity index (χ2n) is 8.27. The van der Waals surface area contributed by atoms with Crippen LogP contribution in [0.3, 0.4) is 0 Å². The zero-order valence-corrected chi connectivity index (χ0v) is 22.1. The molecule has 11 heteroatoms. The molecule has 2 unspecified atom stereocenters. The molecule has 0 aliphatic carbocycles. The molecule has 0 amide bonds. The lowest BCUT2D eigenvalue weighted by molar-refractivity contribution is 0.0135. The van der Waals surface area contributed by atoms with Crippen molar-refractivity contribution in [3.63, 3.8) is 0 Å². The number of methoxy groups -OCH3 is 1. The van der Waals surface area contributed by atoms with Gasteiger partial charge >= 0.3 is 0 Å². The number of halogens is 1. The summed E-state index contributed by atoms with van der Waals surface area (Å²) >= 11 is 0. The van der Waals surface area contributed by atoms with Crippen molar-refractivity contribution in [1.82, 2.24) is 30.3 Å². The van der Waals surface area contributed by atoms with E-state index in [4.69, 9.17) is 18.9 Å². The summed E-state index contributed by atoms with van der Waals surface area (Å²) in [6.45, 7) is 9.93. The molecule has 0 bridgehead atoms. The minimum absolute atomic E-state index is 0. The lowest BCUT2D eigenvalue weighted by Gasteiger charge is -2.32. The lowest BCUT2D eigenvalue weighted by atomic mass is 10.1. The molecule has 0 spiro atoms. The van der Waals surface area contributed by atoms with Gasteiger partial charge in [0.05, 0.1) is 32.3 Å². The van der Waals surface area contributed by atoms with Crippen LogP contribution in [0.1, 0.15) is 42.6 Å². The minimum Gasteiger partial charge on any atom is -0.465 e. The van der Waals surface area contributed by atoms with Crippen molar-refractivity contribution in [1.29, 1.82) is 0 Å². The molecule has 4 heterocycles. The van der Waals surface area contributed by atoms with Crippen LogP contribution in [-0.2, 0) is 29.0 Å². The third kappa shape index (κ3) is 6.90. The molecule has 2 atom stereocenters. The maximum atomic E-state index is 5.98. The summed E-state index contributed by atoms with van der Waals surface area (Å²) < 4.78 is 18.7. The lowest BCUT2D eigenvalue weighted by Crippen LogP contribution is -2.47. The predicted octanol–water partition coefficient (Wildman–Crippen LogP) is 1.89. The fourth-order valence-electron chi connectivity index (χ4n) is 4.27. The molecule has 2 aliphatic rings. The van der Waals surface area contributed by atoms with E-state index in [0.29, 0.717) is 13.2 Å². The van der Waals surface area contributed by atoms with Crippen molar-refractivity contribution in [3.8, 4) is 0 Å². The fraction of sp³-hybridized carbons (Fsp3) is 0.682. The van der Waals surface area contributed by atoms with Gasteiger partial charge in [-0.3, -0.25) is 9.89 Å². The van der Waals surface area contributed by atoms with Crippen LogP contribution in [0, 0.1) is 6.92 Å². The molecule has 1 saturated heterocycles. The van der Waals surface area contributed by atoms with Gasteiger partial charge < -0.3 is 24.5 Å². The normalized spacial score (nSPS) is 20.1. The van der Waals surface area contributed by atoms with Crippen molar-refractivity contribution in [2.24, 2.45) is 4.99 Å². The maximum Gasteiger partial charge on any atom is 0.191 e. The van der Waals surface area contributed by atoms with E-state index in [1.807, 2.05) is 17.7 Å². The molecule has 0 saturated carbocycles. The van der Waals surface area contributed by atoms with Gasteiger partial charge in [0.25, 0.3) is 0 Å². The number of furan rings is 1. The number of hydrogen-bond acceptors (Lipinski definition) is 7. The largest absolute Gasteiger partial charge is 0.465 e. The Labute approximate surface area is 212 Å². The first kappa shape index (κ1) is 25.9. The number of aromatic nitrogens is 3. The van der Waals surface area contributed by atoms with Crippen molar-refractivity contribution in [3.05, 3.63) is 35.3 Å². The van der Waals surface area contributed by atoms with E-state index >= 15 is 0 Å². The van der Waals surface area contributed by atoms with E-state index < -0.39 is 0 Å². The van der Waals surface area contributed by atoms with Crippen molar-refractivity contribution >= 4 is 29.9 Å². The quantitative estimate of drug-likeness (QED) is 0.281. The van der Waals surface area contributed by atoms with Gasteiger partial charge in [0.15, 0.2) is 11.8 Å². The molecular weight excluding hydrogens is 537 g/mol. The standard InChI is InChI=1S/C22H35N7O3.HI/c1-4-23-22(25-17-6-8-21-26-20(15-30-3)27-29(21)14-17)24-13-18(19-7-5-16(2)32-19)28-9-11-31-12-10-28;/h5,7,17-18H,4,6,8-15H2,1-3H3,(H2,23,24,25);1H. The fourth-order valence-corrected chi connectivity index (χ4v) is 4.27. The van der Waals surface area contributed by atoms with Gasteiger partial charge in [0, 0.05) is 39.2 Å². The highest BCUT2D eigenvalue weighted by molar-refractivity contribution is 14.0. The Balaban J connectivity index is 0.00000306. The third-order valence-corrected chi connectivity index (χ3v) is 5.86. The number of nitrogens with zero attached hydrogens (tertiary/aromatic N) is 5. The van der Waals surface area contributed by atoms with Crippen LogP contribution in [0.5, 0.6) is 0 Å². The molecule has 2 N–H and O–H groups in total. The first-order valence-corrected chi connectivity index (χ1v) is 11.5. The average molecular weight is 573 g/mol. The van der Waals surface area contributed by atoms with Crippen LogP contribution in [0.4, 0.5) is 0 Å². The first-order chi connectivity index (χ1) is 15.7. The monoisotopic (exact) mass is 573 g/mol. The Hall–Kier alpha value is -1.70. The summed E-state index contributed by atoms with van der Waals surface area (Å²) in [5, 5.41) is 11.6. The van der Waals surface area contributed by atoms with Crippen LogP contribution in [-0.4, -0.2) is 78.2 Å². The molecule has 10 nitrogen and oxygen atoms in total. The number of nitrogens with one attached hydrogen (secondary N) is 2. The molecule has 184 valence electrons. The Morgan fingerprint density at radius 2 is 2.15 bits per heavy atom. The molecular formula is C22H36IN7O3. The molecule has 0 radical (unpaired) electrons. The topological polar surface area (TPSA) is 102 Å². The zero-order valence-electron chi connectivity index (χ0n) is 19.7. The highest BCUT2D eigenvalue weighted by Gasteiger charge is 2.26. The second-order valence-corrected chi connectivity index (χ2v) is 8.27. The first-order valence-electron chi connectivity index (χ1n) is 11.5. The highest BCUT2D eigenvalue weighted by atomic mass is 127. The van der Waals surface area contributed by atoms with E-state index in [1.54, 1.807) is 7.11 Å². The molecule has 2 aromatic rings. The maximum absolute atomic E-state index is 5.98. The number of rotatable bonds is 8. The molecule has 1 fully saturated rings. The summed E-state index contributed by atoms with van der Waals surface area (Å²) in [6.07, 6.45) is 1.87. The van der Waals surface area contributed by atoms with Gasteiger partial charge in [-0.1, -0.05) is 0 Å². The number of aryl methyl sites for hydroxylation is 2. The average Bonchev–Trinajstić information content (AvgIpc) is 3.40. The highest BCUT2D eigenvalue weighted by Crippen LogP contribution is 2.24. The molecule has 0 aromatic carbocycles. The Bertz CT molecular complexity index is 894. The summed E-state index contributed by atoms with van der Waals surface area (Å²) in [6, 6.07) is 4.42. The molecule has 2 aliphatic heterocycles. The minimum atomic E-state index is 0. The van der Waals surface area contributed by atoms with E-state index in [9.17, 15) is 0 Å². The number of ether oxygens (including phenoxy) is 2. The van der Waals surface area contributed by atoms with Gasteiger partial charge in [-0.25, -0.2) is 9.67 Å². The second kappa shape index (κ2) is 12.7. The van der Waals surface area contributed by atoms with Crippen molar-refractivity contribution in [2.75, 3.05) is 46.5 Å². The SMILES string of the molecule is CCNC(=NCC(c1ccc(C)o1)N1CCOCC1)NC1CCc2nc(COC)nn2C1.I. The third-order valence-electron chi connectivity index (χ3n) is 5.86. The number of aliphatic imine (C=N–C) groups is 1. The Morgan fingerprint density at radius 1 is 1.33 bits per heavy atom. The summed E-state index contributed by atoms with van der Waals surface area (Å²) in [7, 11) is 1.66. The van der Waals surface area contributed by atoms with Crippen molar-refractivity contribution < 1.29 is 13.9 Å². The van der Waals surface area contributed by atoms with E-state index in [0.717, 1.165) is 81.4 Å². The van der Waals surface area contributed by atoms with E-state index in [-0.39, 0.29) is 36.1 Å². The van der Waals surface area contributed by atoms with Crippen LogP contribution in [0.25, 0.3) is 0 Å². The van der Waals surface area contributed by atoms with E-state index in [1.165, 1.54) is 0 Å². The predicted molar refractivity (Wildman–Crippen MR) is 136 cm³/mol. The van der Waals surface area contributed by atoms with Gasteiger partial charge in [0.2, 0.25) is 0 Å². The molecule has 4 rings (SSSR count). The van der Waals surface area contributed by atoms with Gasteiger partial charge in [0.1, 0.15) is 24.0 Å². The summed E-state index contributed by atoms with van der Waals surface area (Å²) in [4.78, 5) is 11.9. The molecule has 33 heavy (non-hydrogen) atoms. The van der Waals surface area contributed by atoms with Crippen molar-refractivity contribution in [2.45, 2.75) is 51.9 Å². The number of guanidine groups is 1. The molecule has 2 aromatic heterocycles.